The molecule has 4 heterocycles. The molecule has 4 rings (SSSR count). The summed E-state index contributed by atoms with van der Waals surface area (Å²) < 4.78 is 41.6. The van der Waals surface area contributed by atoms with Gasteiger partial charge in [-0.1, -0.05) is 6.07 Å². The zero-order valence-corrected chi connectivity index (χ0v) is 16.5. The van der Waals surface area contributed by atoms with Crippen molar-refractivity contribution in [1.82, 2.24) is 30.0 Å². The largest absolute Gasteiger partial charge is 0.419 e. The molecule has 11 heteroatoms. The van der Waals surface area contributed by atoms with Crippen LogP contribution < -0.4 is 10.2 Å². The lowest BCUT2D eigenvalue weighted by Gasteiger charge is -2.34. The normalized spacial score (nSPS) is 16.9. The number of hydrogen-bond donors (Lipinski definition) is 1. The number of aromatic nitrogens is 5. The van der Waals surface area contributed by atoms with E-state index in [0.29, 0.717) is 25.2 Å². The van der Waals surface area contributed by atoms with Crippen molar-refractivity contribution in [2.75, 3.05) is 18.0 Å². The van der Waals surface area contributed by atoms with Gasteiger partial charge in [-0.2, -0.15) is 18.3 Å². The summed E-state index contributed by atoms with van der Waals surface area (Å²) >= 11 is 0. The van der Waals surface area contributed by atoms with Crippen LogP contribution in [0.25, 0.3) is 5.82 Å². The standard InChI is InChI=1S/C20H20F3N7O/c21-20(22,23)16-6-2-8-26-18(16)29-9-3-5-15(11-29)19(31)27-10-14-4-1-7-25-17(14)30-13-24-12-28-30/h1-2,4,6-8,12-13,15H,3,5,9-11H2,(H,27,31). The fourth-order valence-electron chi connectivity index (χ4n) is 3.67. The Bertz CT molecular complexity index is 1040. The van der Waals surface area contributed by atoms with E-state index in [1.165, 1.54) is 29.6 Å². The smallest absolute Gasteiger partial charge is 0.355 e. The summed E-state index contributed by atoms with van der Waals surface area (Å²) in [5.41, 5.74) is -0.0398. The SMILES string of the molecule is O=C(NCc1cccnc1-n1cncn1)C1CCCN(c2ncccc2C(F)(F)F)C1. The molecule has 1 aliphatic heterocycles. The average molecular weight is 431 g/mol. The summed E-state index contributed by atoms with van der Waals surface area (Å²) in [5.74, 6) is -0.243. The van der Waals surface area contributed by atoms with Crippen LogP contribution in [-0.4, -0.2) is 43.7 Å². The zero-order chi connectivity index (χ0) is 21.8. The maximum atomic E-state index is 13.4. The van der Waals surface area contributed by atoms with Gasteiger partial charge in [0.2, 0.25) is 5.91 Å². The fourth-order valence-corrected chi connectivity index (χ4v) is 3.67. The van der Waals surface area contributed by atoms with Crippen LogP contribution >= 0.6 is 0 Å². The number of amides is 1. The number of piperidine rings is 1. The third-order valence-electron chi connectivity index (χ3n) is 5.14. The molecule has 1 saturated heterocycles. The minimum Gasteiger partial charge on any atom is -0.355 e. The van der Waals surface area contributed by atoms with Crippen LogP contribution in [0.15, 0.2) is 49.3 Å². The van der Waals surface area contributed by atoms with Crippen LogP contribution in [-0.2, 0) is 17.5 Å². The molecule has 1 amide bonds. The molecule has 31 heavy (non-hydrogen) atoms. The number of nitrogens with one attached hydrogen (secondary N) is 1. The molecule has 3 aromatic heterocycles. The summed E-state index contributed by atoms with van der Waals surface area (Å²) in [4.78, 5) is 26.5. The molecule has 1 unspecified atom stereocenters. The summed E-state index contributed by atoms with van der Waals surface area (Å²) in [6, 6.07) is 5.85. The summed E-state index contributed by atoms with van der Waals surface area (Å²) in [5, 5.41) is 6.94. The Balaban J connectivity index is 1.44. The van der Waals surface area contributed by atoms with Crippen molar-refractivity contribution in [3.8, 4) is 5.82 Å². The average Bonchev–Trinajstić information content (AvgIpc) is 3.32. The van der Waals surface area contributed by atoms with Gasteiger partial charge in [-0.05, 0) is 31.0 Å². The first-order valence-electron chi connectivity index (χ1n) is 9.77. The molecule has 1 atom stereocenters. The maximum absolute atomic E-state index is 13.4. The first-order chi connectivity index (χ1) is 14.9. The van der Waals surface area contributed by atoms with E-state index < -0.39 is 17.7 Å². The van der Waals surface area contributed by atoms with Crippen molar-refractivity contribution in [3.63, 3.8) is 0 Å². The van der Waals surface area contributed by atoms with Crippen LogP contribution in [0.5, 0.6) is 0 Å². The first-order valence-corrected chi connectivity index (χ1v) is 9.77. The lowest BCUT2D eigenvalue weighted by atomic mass is 9.96. The predicted octanol–water partition coefficient (Wildman–Crippen LogP) is 2.61. The van der Waals surface area contributed by atoms with E-state index in [1.807, 2.05) is 6.07 Å². The lowest BCUT2D eigenvalue weighted by molar-refractivity contribution is -0.137. The minimum absolute atomic E-state index is 0.131. The van der Waals surface area contributed by atoms with Gasteiger partial charge in [0.15, 0.2) is 5.82 Å². The lowest BCUT2D eigenvalue weighted by Crippen LogP contribution is -2.43. The molecule has 3 aromatic rings. The number of anilines is 1. The number of alkyl halides is 3. The fraction of sp³-hybridized carbons (Fsp3) is 0.350. The van der Waals surface area contributed by atoms with Crippen LogP contribution in [0.2, 0.25) is 0 Å². The monoisotopic (exact) mass is 431 g/mol. The van der Waals surface area contributed by atoms with Gasteiger partial charge in [-0.25, -0.2) is 19.6 Å². The Labute approximate surface area is 176 Å². The highest BCUT2D eigenvalue weighted by Crippen LogP contribution is 2.36. The van der Waals surface area contributed by atoms with Crippen molar-refractivity contribution >= 4 is 11.7 Å². The van der Waals surface area contributed by atoms with Gasteiger partial charge in [-0.3, -0.25) is 4.79 Å². The Kier molecular flexibility index (Phi) is 5.83. The van der Waals surface area contributed by atoms with Gasteiger partial charge >= 0.3 is 6.18 Å². The topological polar surface area (TPSA) is 88.8 Å². The molecule has 0 aromatic carbocycles. The van der Waals surface area contributed by atoms with Crippen LogP contribution in [0, 0.1) is 5.92 Å². The molecule has 0 saturated carbocycles. The molecule has 1 fully saturated rings. The second-order valence-electron chi connectivity index (χ2n) is 7.20. The van der Waals surface area contributed by atoms with E-state index in [2.05, 4.69) is 25.4 Å². The van der Waals surface area contributed by atoms with E-state index >= 15 is 0 Å². The third kappa shape index (κ3) is 4.65. The number of carbonyl (C=O) groups is 1. The highest BCUT2D eigenvalue weighted by atomic mass is 19.4. The Morgan fingerprint density at radius 3 is 2.68 bits per heavy atom. The Hall–Kier alpha value is -3.50. The molecule has 0 aliphatic carbocycles. The van der Waals surface area contributed by atoms with Crippen LogP contribution in [0.1, 0.15) is 24.0 Å². The molecule has 1 aliphatic rings. The number of carbonyl (C=O) groups excluding carboxylic acids is 1. The van der Waals surface area contributed by atoms with Crippen molar-refractivity contribution < 1.29 is 18.0 Å². The highest BCUT2D eigenvalue weighted by Gasteiger charge is 2.37. The highest BCUT2D eigenvalue weighted by molar-refractivity contribution is 5.79. The second kappa shape index (κ2) is 8.70. The molecule has 0 spiro atoms. The van der Waals surface area contributed by atoms with Crippen molar-refractivity contribution in [3.05, 3.63) is 60.4 Å². The number of halogens is 3. The van der Waals surface area contributed by atoms with Crippen molar-refractivity contribution in [2.24, 2.45) is 5.92 Å². The zero-order valence-electron chi connectivity index (χ0n) is 16.5. The van der Waals surface area contributed by atoms with Crippen LogP contribution in [0.4, 0.5) is 19.0 Å². The number of nitrogens with zero attached hydrogens (tertiary/aromatic N) is 6. The Morgan fingerprint density at radius 1 is 1.16 bits per heavy atom. The quantitative estimate of drug-likeness (QED) is 0.668. The second-order valence-corrected chi connectivity index (χ2v) is 7.20. The summed E-state index contributed by atoms with van der Waals surface area (Å²) in [6.07, 6.45) is 2.55. The van der Waals surface area contributed by atoms with E-state index in [-0.39, 0.29) is 24.8 Å². The number of hydrogen-bond acceptors (Lipinski definition) is 6. The van der Waals surface area contributed by atoms with Gasteiger partial charge < -0.3 is 10.2 Å². The van der Waals surface area contributed by atoms with E-state index in [0.717, 1.165) is 11.6 Å². The van der Waals surface area contributed by atoms with Gasteiger partial charge in [0.25, 0.3) is 0 Å². The maximum Gasteiger partial charge on any atom is 0.419 e. The molecule has 0 radical (unpaired) electrons. The molecular formula is C20H20F3N7O. The van der Waals surface area contributed by atoms with E-state index in [4.69, 9.17) is 0 Å². The summed E-state index contributed by atoms with van der Waals surface area (Å²) in [6.45, 7) is 0.813. The predicted molar refractivity (Wildman–Crippen MR) is 105 cm³/mol. The number of rotatable bonds is 5. The number of pyridine rings is 2. The third-order valence-corrected chi connectivity index (χ3v) is 5.14. The van der Waals surface area contributed by atoms with Gasteiger partial charge in [-0.15, -0.1) is 0 Å². The van der Waals surface area contributed by atoms with E-state index in [1.54, 1.807) is 17.2 Å². The molecule has 162 valence electrons. The van der Waals surface area contributed by atoms with Gasteiger partial charge in [0.05, 0.1) is 11.5 Å². The Morgan fingerprint density at radius 2 is 1.94 bits per heavy atom. The van der Waals surface area contributed by atoms with Crippen molar-refractivity contribution in [2.45, 2.75) is 25.6 Å². The molecule has 1 N–H and O–H groups in total. The van der Waals surface area contributed by atoms with Gasteiger partial charge in [0.1, 0.15) is 18.5 Å². The first kappa shape index (κ1) is 20.8. The summed E-state index contributed by atoms with van der Waals surface area (Å²) in [7, 11) is 0. The van der Waals surface area contributed by atoms with Crippen LogP contribution in [0.3, 0.4) is 0 Å². The minimum atomic E-state index is -4.50. The van der Waals surface area contributed by atoms with E-state index in [9.17, 15) is 18.0 Å². The molecule has 8 nitrogen and oxygen atoms in total. The van der Waals surface area contributed by atoms with Gasteiger partial charge in [0, 0.05) is 37.6 Å². The molecule has 0 bridgehead atoms. The molecular weight excluding hydrogens is 411 g/mol. The van der Waals surface area contributed by atoms with Crippen molar-refractivity contribution in [1.29, 1.82) is 0 Å².